The Hall–Kier alpha value is -2.76. The lowest BCUT2D eigenvalue weighted by atomic mass is 9.77. The molecule has 25 heavy (non-hydrogen) atoms. The Kier molecular flexibility index (Phi) is 4.53. The summed E-state index contributed by atoms with van der Waals surface area (Å²) in [4.78, 5) is 0. The van der Waals surface area contributed by atoms with Gasteiger partial charge in [0.2, 0.25) is 0 Å². The van der Waals surface area contributed by atoms with E-state index in [0.29, 0.717) is 22.7 Å². The number of hydrogen-bond acceptors (Lipinski definition) is 4. The topological polar surface area (TPSA) is 66.7 Å². The SMILES string of the molecule is C=Cc1c(/C=C\C)oc2c(B(O)O)c3oc(/C=C\C)c(C=C)c3cc12. The van der Waals surface area contributed by atoms with Gasteiger partial charge in [0.15, 0.2) is 0 Å². The zero-order chi connectivity index (χ0) is 18.1. The summed E-state index contributed by atoms with van der Waals surface area (Å²) < 4.78 is 11.8. The third-order valence-corrected chi connectivity index (χ3v) is 4.11. The summed E-state index contributed by atoms with van der Waals surface area (Å²) in [7, 11) is -1.74. The predicted molar refractivity (Wildman–Crippen MR) is 105 cm³/mol. The van der Waals surface area contributed by atoms with Crippen molar-refractivity contribution in [3.05, 3.63) is 54.0 Å². The fourth-order valence-corrected chi connectivity index (χ4v) is 3.09. The van der Waals surface area contributed by atoms with Crippen LogP contribution >= 0.6 is 0 Å². The van der Waals surface area contributed by atoms with E-state index in [9.17, 15) is 10.0 Å². The van der Waals surface area contributed by atoms with Gasteiger partial charge in [-0.25, -0.2) is 0 Å². The molecule has 0 radical (unpaired) electrons. The fraction of sp³-hybridized carbons (Fsp3) is 0.100. The maximum Gasteiger partial charge on any atom is 0.496 e. The molecule has 3 aromatic rings. The van der Waals surface area contributed by atoms with Crippen LogP contribution in [0.4, 0.5) is 0 Å². The molecule has 5 heteroatoms. The molecule has 4 nitrogen and oxygen atoms in total. The largest absolute Gasteiger partial charge is 0.496 e. The van der Waals surface area contributed by atoms with Crippen molar-refractivity contribution in [2.45, 2.75) is 13.8 Å². The van der Waals surface area contributed by atoms with Crippen LogP contribution in [0.2, 0.25) is 0 Å². The van der Waals surface area contributed by atoms with Gasteiger partial charge in [-0.1, -0.05) is 37.5 Å². The smallest absolute Gasteiger partial charge is 0.456 e. The fourth-order valence-electron chi connectivity index (χ4n) is 3.09. The average Bonchev–Trinajstić information content (AvgIpc) is 3.09. The van der Waals surface area contributed by atoms with E-state index in [-0.39, 0.29) is 5.46 Å². The molecular formula is C20H19BO4. The van der Waals surface area contributed by atoms with Crippen molar-refractivity contribution in [2.24, 2.45) is 0 Å². The van der Waals surface area contributed by atoms with E-state index in [1.807, 2.05) is 44.2 Å². The van der Waals surface area contributed by atoms with Crippen molar-refractivity contribution in [1.29, 1.82) is 0 Å². The molecule has 0 aliphatic rings. The molecule has 1 aromatic carbocycles. The Morgan fingerprint density at radius 2 is 1.32 bits per heavy atom. The highest BCUT2D eigenvalue weighted by Crippen LogP contribution is 2.35. The standard InChI is InChI=1S/C20H19BO4/c1-5-9-16-12(7-3)14-11-15-13(8-4)17(10-6-2)25-20(15)18(21(22)23)19(14)24-16/h5-11,22-23H,3-4H2,1-2H3/b9-5-,10-6-. The van der Waals surface area contributed by atoms with E-state index >= 15 is 0 Å². The van der Waals surface area contributed by atoms with Gasteiger partial charge < -0.3 is 18.9 Å². The molecule has 0 spiro atoms. The highest BCUT2D eigenvalue weighted by atomic mass is 16.4. The van der Waals surface area contributed by atoms with Crippen LogP contribution in [-0.2, 0) is 0 Å². The van der Waals surface area contributed by atoms with E-state index in [1.54, 1.807) is 12.2 Å². The highest BCUT2D eigenvalue weighted by molar-refractivity contribution is 6.65. The molecule has 0 aliphatic heterocycles. The molecule has 0 saturated heterocycles. The molecule has 0 saturated carbocycles. The van der Waals surface area contributed by atoms with Crippen LogP contribution in [0, 0.1) is 0 Å². The normalized spacial score (nSPS) is 12.0. The van der Waals surface area contributed by atoms with Gasteiger partial charge in [0.25, 0.3) is 0 Å². The molecule has 2 aromatic heterocycles. The summed E-state index contributed by atoms with van der Waals surface area (Å²) in [6.07, 6.45) is 10.7. The second-order valence-electron chi connectivity index (χ2n) is 5.59. The van der Waals surface area contributed by atoms with E-state index in [4.69, 9.17) is 8.83 Å². The van der Waals surface area contributed by atoms with Crippen LogP contribution in [0.5, 0.6) is 0 Å². The van der Waals surface area contributed by atoms with Crippen molar-refractivity contribution in [1.82, 2.24) is 0 Å². The van der Waals surface area contributed by atoms with Crippen molar-refractivity contribution in [3.63, 3.8) is 0 Å². The zero-order valence-electron chi connectivity index (χ0n) is 14.2. The van der Waals surface area contributed by atoms with Crippen LogP contribution in [0.1, 0.15) is 36.5 Å². The van der Waals surface area contributed by atoms with Gasteiger partial charge in [-0.15, -0.1) is 0 Å². The van der Waals surface area contributed by atoms with Crippen LogP contribution in [0.15, 0.2) is 40.2 Å². The minimum Gasteiger partial charge on any atom is -0.456 e. The van der Waals surface area contributed by atoms with Crippen molar-refractivity contribution in [2.75, 3.05) is 0 Å². The van der Waals surface area contributed by atoms with Crippen LogP contribution < -0.4 is 5.46 Å². The molecule has 0 bridgehead atoms. The molecule has 0 aliphatic carbocycles. The minimum absolute atomic E-state index is 0.199. The summed E-state index contributed by atoms with van der Waals surface area (Å²) in [5.74, 6) is 1.21. The summed E-state index contributed by atoms with van der Waals surface area (Å²) in [6.45, 7) is 11.5. The first-order chi connectivity index (χ1) is 12.1. The highest BCUT2D eigenvalue weighted by Gasteiger charge is 2.28. The Balaban J connectivity index is 2.55. The first-order valence-electron chi connectivity index (χ1n) is 7.99. The lowest BCUT2D eigenvalue weighted by Crippen LogP contribution is -2.30. The molecule has 2 heterocycles. The van der Waals surface area contributed by atoms with E-state index in [1.165, 1.54) is 0 Å². The van der Waals surface area contributed by atoms with Gasteiger partial charge in [-0.3, -0.25) is 0 Å². The Morgan fingerprint density at radius 1 is 0.880 bits per heavy atom. The van der Waals surface area contributed by atoms with Gasteiger partial charge in [-0.05, 0) is 32.1 Å². The van der Waals surface area contributed by atoms with Gasteiger partial charge in [0, 0.05) is 21.9 Å². The maximum atomic E-state index is 9.97. The number of fused-ring (bicyclic) bond motifs is 2. The number of rotatable bonds is 5. The van der Waals surface area contributed by atoms with Gasteiger partial charge in [0.05, 0.1) is 5.46 Å². The summed E-state index contributed by atoms with van der Waals surface area (Å²) in [5, 5.41) is 21.4. The van der Waals surface area contributed by atoms with E-state index < -0.39 is 7.12 Å². The number of allylic oxidation sites excluding steroid dienone is 2. The van der Waals surface area contributed by atoms with E-state index in [0.717, 1.165) is 21.9 Å². The number of furan rings is 2. The third kappa shape index (κ3) is 2.58. The quantitative estimate of drug-likeness (QED) is 0.686. The summed E-state index contributed by atoms with van der Waals surface area (Å²) >= 11 is 0. The monoisotopic (exact) mass is 334 g/mol. The molecular weight excluding hydrogens is 315 g/mol. The number of benzene rings is 1. The van der Waals surface area contributed by atoms with Gasteiger partial charge in [0.1, 0.15) is 22.7 Å². The molecule has 0 unspecified atom stereocenters. The zero-order valence-corrected chi connectivity index (χ0v) is 14.2. The lowest BCUT2D eigenvalue weighted by Gasteiger charge is -2.02. The first-order valence-corrected chi connectivity index (χ1v) is 7.99. The Bertz CT molecular complexity index is 955. The Labute approximate surface area is 146 Å². The molecule has 126 valence electrons. The summed E-state index contributed by atoms with van der Waals surface area (Å²) in [5.41, 5.74) is 2.54. The maximum absolute atomic E-state index is 9.97. The first kappa shape index (κ1) is 17.1. The predicted octanol–water partition coefficient (Wildman–Crippen LogP) is 4.21. The minimum atomic E-state index is -1.74. The number of hydrogen-bond donors (Lipinski definition) is 2. The van der Waals surface area contributed by atoms with E-state index in [2.05, 4.69) is 13.2 Å². The Morgan fingerprint density at radius 3 is 1.64 bits per heavy atom. The van der Waals surface area contributed by atoms with Crippen LogP contribution in [-0.4, -0.2) is 17.2 Å². The summed E-state index contributed by atoms with van der Waals surface area (Å²) in [6, 6.07) is 1.91. The second-order valence-corrected chi connectivity index (χ2v) is 5.59. The van der Waals surface area contributed by atoms with Crippen molar-refractivity contribution >= 4 is 58.8 Å². The van der Waals surface area contributed by atoms with Gasteiger partial charge in [-0.2, -0.15) is 0 Å². The molecule has 3 rings (SSSR count). The van der Waals surface area contributed by atoms with Crippen LogP contribution in [0.3, 0.4) is 0 Å². The lowest BCUT2D eigenvalue weighted by molar-refractivity contribution is 0.425. The molecule has 2 N–H and O–H groups in total. The molecule has 0 atom stereocenters. The molecule has 0 fully saturated rings. The average molecular weight is 334 g/mol. The van der Waals surface area contributed by atoms with Crippen LogP contribution in [0.25, 0.3) is 46.2 Å². The molecule has 0 amide bonds. The second kappa shape index (κ2) is 6.63. The van der Waals surface area contributed by atoms with Gasteiger partial charge >= 0.3 is 7.12 Å². The third-order valence-electron chi connectivity index (χ3n) is 4.11. The van der Waals surface area contributed by atoms with Crippen molar-refractivity contribution in [3.8, 4) is 0 Å². The van der Waals surface area contributed by atoms with Crippen molar-refractivity contribution < 1.29 is 18.9 Å².